The second-order valence-corrected chi connectivity index (χ2v) is 7.20. The predicted molar refractivity (Wildman–Crippen MR) is 80.2 cm³/mol. The average molecular weight is 287 g/mol. The number of hydrogen-bond acceptors (Lipinski definition) is 3. The van der Waals surface area contributed by atoms with Crippen molar-refractivity contribution < 1.29 is 0 Å². The number of piperidine rings is 1. The van der Waals surface area contributed by atoms with Gasteiger partial charge in [-0.2, -0.15) is 0 Å². The molecule has 1 saturated heterocycles. The molecule has 2 aliphatic rings. The zero-order valence-electron chi connectivity index (χ0n) is 11.3. The SMILES string of the molecule is CC1(C)CCCc2sc(C3CCNCC3)nc21.Cl. The molecule has 1 aromatic heterocycles. The summed E-state index contributed by atoms with van der Waals surface area (Å²) in [4.78, 5) is 6.60. The van der Waals surface area contributed by atoms with Crippen LogP contribution in [0.3, 0.4) is 0 Å². The molecule has 4 heteroatoms. The molecule has 1 aliphatic carbocycles. The summed E-state index contributed by atoms with van der Waals surface area (Å²) in [6.45, 7) is 7.05. The number of aromatic nitrogens is 1. The lowest BCUT2D eigenvalue weighted by Crippen LogP contribution is -2.27. The Kier molecular flexibility index (Phi) is 4.35. The third kappa shape index (κ3) is 2.59. The van der Waals surface area contributed by atoms with Crippen molar-refractivity contribution in [1.82, 2.24) is 10.3 Å². The molecule has 102 valence electrons. The first-order valence-corrected chi connectivity index (χ1v) is 7.69. The van der Waals surface area contributed by atoms with Crippen LogP contribution in [0.15, 0.2) is 0 Å². The molecule has 0 amide bonds. The van der Waals surface area contributed by atoms with E-state index in [9.17, 15) is 0 Å². The molecular weight excluding hydrogens is 264 g/mol. The lowest BCUT2D eigenvalue weighted by molar-refractivity contribution is 0.418. The smallest absolute Gasteiger partial charge is 0.0963 e. The van der Waals surface area contributed by atoms with E-state index < -0.39 is 0 Å². The van der Waals surface area contributed by atoms with Crippen LogP contribution >= 0.6 is 23.7 Å². The standard InChI is InChI=1S/C14H22N2S.ClH/c1-14(2)7-3-4-11-12(14)16-13(17-11)10-5-8-15-9-6-10;/h10,15H,3-9H2,1-2H3;1H. The van der Waals surface area contributed by atoms with E-state index in [1.165, 1.54) is 42.8 Å². The quantitative estimate of drug-likeness (QED) is 0.852. The topological polar surface area (TPSA) is 24.9 Å². The molecule has 1 N–H and O–H groups in total. The Morgan fingerprint density at radius 2 is 2.00 bits per heavy atom. The third-order valence-electron chi connectivity index (χ3n) is 4.25. The molecule has 0 unspecified atom stereocenters. The van der Waals surface area contributed by atoms with E-state index in [-0.39, 0.29) is 12.4 Å². The van der Waals surface area contributed by atoms with Gasteiger partial charge in [0.15, 0.2) is 0 Å². The Bertz CT molecular complexity index is 408. The molecule has 0 spiro atoms. The first kappa shape index (κ1) is 14.3. The van der Waals surface area contributed by atoms with E-state index >= 15 is 0 Å². The Morgan fingerprint density at radius 1 is 1.28 bits per heavy atom. The van der Waals surface area contributed by atoms with Gasteiger partial charge < -0.3 is 5.32 Å². The maximum absolute atomic E-state index is 5.02. The predicted octanol–water partition coefficient (Wildman–Crippen LogP) is 3.65. The van der Waals surface area contributed by atoms with Gasteiger partial charge in [-0.15, -0.1) is 23.7 Å². The maximum Gasteiger partial charge on any atom is 0.0963 e. The Morgan fingerprint density at radius 3 is 2.67 bits per heavy atom. The third-order valence-corrected chi connectivity index (χ3v) is 5.53. The largest absolute Gasteiger partial charge is 0.317 e. The summed E-state index contributed by atoms with van der Waals surface area (Å²) in [6.07, 6.45) is 6.45. The fraction of sp³-hybridized carbons (Fsp3) is 0.786. The van der Waals surface area contributed by atoms with Crippen LogP contribution in [0.1, 0.15) is 61.0 Å². The summed E-state index contributed by atoms with van der Waals surface area (Å²) >= 11 is 2.01. The molecule has 0 aromatic carbocycles. The summed E-state index contributed by atoms with van der Waals surface area (Å²) < 4.78 is 0. The van der Waals surface area contributed by atoms with Gasteiger partial charge in [-0.05, 0) is 45.2 Å². The number of halogens is 1. The highest BCUT2D eigenvalue weighted by atomic mass is 35.5. The van der Waals surface area contributed by atoms with Crippen LogP contribution in [0.25, 0.3) is 0 Å². The van der Waals surface area contributed by atoms with Crippen molar-refractivity contribution in [3.05, 3.63) is 15.6 Å². The molecule has 18 heavy (non-hydrogen) atoms. The van der Waals surface area contributed by atoms with Crippen LogP contribution in [0.5, 0.6) is 0 Å². The van der Waals surface area contributed by atoms with Crippen molar-refractivity contribution >= 4 is 23.7 Å². The van der Waals surface area contributed by atoms with E-state index in [1.807, 2.05) is 11.3 Å². The number of nitrogens with zero attached hydrogens (tertiary/aromatic N) is 1. The van der Waals surface area contributed by atoms with E-state index in [2.05, 4.69) is 19.2 Å². The van der Waals surface area contributed by atoms with Gasteiger partial charge in [0, 0.05) is 16.2 Å². The van der Waals surface area contributed by atoms with E-state index in [4.69, 9.17) is 4.98 Å². The van der Waals surface area contributed by atoms with Crippen molar-refractivity contribution in [3.63, 3.8) is 0 Å². The molecular formula is C14H23ClN2S. The highest BCUT2D eigenvalue weighted by Crippen LogP contribution is 2.41. The van der Waals surface area contributed by atoms with Crippen LogP contribution in [-0.2, 0) is 11.8 Å². The van der Waals surface area contributed by atoms with Crippen molar-refractivity contribution in [2.45, 2.75) is 57.3 Å². The summed E-state index contributed by atoms with van der Waals surface area (Å²) in [5, 5.41) is 4.86. The molecule has 3 rings (SSSR count). The minimum absolute atomic E-state index is 0. The van der Waals surface area contributed by atoms with Gasteiger partial charge in [0.2, 0.25) is 0 Å². The number of aryl methyl sites for hydroxylation is 1. The fourth-order valence-electron chi connectivity index (χ4n) is 3.12. The first-order valence-electron chi connectivity index (χ1n) is 6.87. The zero-order valence-corrected chi connectivity index (χ0v) is 12.9. The van der Waals surface area contributed by atoms with Crippen molar-refractivity contribution in [1.29, 1.82) is 0 Å². The average Bonchev–Trinajstić information content (AvgIpc) is 2.75. The van der Waals surface area contributed by atoms with Crippen LogP contribution in [0.2, 0.25) is 0 Å². The minimum Gasteiger partial charge on any atom is -0.317 e. The lowest BCUT2D eigenvalue weighted by Gasteiger charge is -2.28. The second-order valence-electron chi connectivity index (χ2n) is 6.09. The van der Waals surface area contributed by atoms with Gasteiger partial charge in [0.05, 0.1) is 10.7 Å². The summed E-state index contributed by atoms with van der Waals surface area (Å²) in [5.41, 5.74) is 1.73. The van der Waals surface area contributed by atoms with Gasteiger partial charge in [0.25, 0.3) is 0 Å². The first-order chi connectivity index (χ1) is 8.17. The van der Waals surface area contributed by atoms with Gasteiger partial charge in [-0.25, -0.2) is 4.98 Å². The Labute approximate surface area is 120 Å². The molecule has 2 heterocycles. The maximum atomic E-state index is 5.02. The monoisotopic (exact) mass is 286 g/mol. The van der Waals surface area contributed by atoms with Gasteiger partial charge >= 0.3 is 0 Å². The number of nitrogens with one attached hydrogen (secondary N) is 1. The van der Waals surface area contributed by atoms with Crippen molar-refractivity contribution in [3.8, 4) is 0 Å². The molecule has 1 aliphatic heterocycles. The lowest BCUT2D eigenvalue weighted by atomic mass is 9.79. The summed E-state index contributed by atoms with van der Waals surface area (Å²) in [6, 6.07) is 0. The van der Waals surface area contributed by atoms with Crippen molar-refractivity contribution in [2.24, 2.45) is 0 Å². The molecule has 0 bridgehead atoms. The highest BCUT2D eigenvalue weighted by molar-refractivity contribution is 7.11. The van der Waals surface area contributed by atoms with Crippen molar-refractivity contribution in [2.75, 3.05) is 13.1 Å². The highest BCUT2D eigenvalue weighted by Gasteiger charge is 2.32. The van der Waals surface area contributed by atoms with Gasteiger partial charge in [0.1, 0.15) is 0 Å². The Hall–Kier alpha value is -0.120. The molecule has 2 nitrogen and oxygen atoms in total. The van der Waals surface area contributed by atoms with Gasteiger partial charge in [-0.3, -0.25) is 0 Å². The van der Waals surface area contributed by atoms with Crippen LogP contribution in [0.4, 0.5) is 0 Å². The van der Waals surface area contributed by atoms with E-state index in [0.29, 0.717) is 5.41 Å². The number of thiazole rings is 1. The number of rotatable bonds is 1. The minimum atomic E-state index is 0. The Balaban J connectivity index is 0.00000120. The fourth-order valence-corrected chi connectivity index (χ4v) is 4.58. The molecule has 0 atom stereocenters. The summed E-state index contributed by atoms with van der Waals surface area (Å²) in [7, 11) is 0. The van der Waals surface area contributed by atoms with E-state index in [1.54, 1.807) is 4.88 Å². The number of hydrogen-bond donors (Lipinski definition) is 1. The van der Waals surface area contributed by atoms with Crippen LogP contribution in [-0.4, -0.2) is 18.1 Å². The summed E-state index contributed by atoms with van der Waals surface area (Å²) in [5.74, 6) is 0.725. The van der Waals surface area contributed by atoms with Crippen LogP contribution in [0, 0.1) is 0 Å². The number of fused-ring (bicyclic) bond motifs is 1. The molecule has 1 aromatic rings. The molecule has 0 radical (unpaired) electrons. The molecule has 0 saturated carbocycles. The molecule has 1 fully saturated rings. The normalized spacial score (nSPS) is 23.2. The van der Waals surface area contributed by atoms with E-state index in [0.717, 1.165) is 19.0 Å². The zero-order chi connectivity index (χ0) is 11.9. The van der Waals surface area contributed by atoms with Crippen LogP contribution < -0.4 is 5.32 Å². The second kappa shape index (κ2) is 5.48. The van der Waals surface area contributed by atoms with Gasteiger partial charge in [-0.1, -0.05) is 13.8 Å².